The molecule has 3 aromatic rings. The first-order valence-corrected chi connectivity index (χ1v) is 11.7. The molecule has 0 spiro atoms. The Labute approximate surface area is 213 Å². The zero-order valence-corrected chi connectivity index (χ0v) is 21.1. The molecule has 2 bridgehead atoms. The second-order valence-corrected chi connectivity index (χ2v) is 9.08. The van der Waals surface area contributed by atoms with Crippen LogP contribution in [0.15, 0.2) is 60.7 Å². The van der Waals surface area contributed by atoms with Gasteiger partial charge in [0, 0.05) is 23.2 Å². The van der Waals surface area contributed by atoms with E-state index in [0.717, 1.165) is 5.56 Å². The van der Waals surface area contributed by atoms with Crippen LogP contribution in [-0.2, 0) is 0 Å². The number of hydrogen-bond acceptors (Lipinski definition) is 6. The van der Waals surface area contributed by atoms with Gasteiger partial charge in [-0.1, -0.05) is 18.2 Å². The minimum Gasteiger partial charge on any atom is -0.493 e. The Morgan fingerprint density at radius 1 is 1.03 bits per heavy atom. The lowest BCUT2D eigenvalue weighted by Crippen LogP contribution is -2.67. The quantitative estimate of drug-likeness (QED) is 0.431. The molecule has 0 aromatic heterocycles. The van der Waals surface area contributed by atoms with E-state index in [1.165, 1.54) is 33.5 Å². The van der Waals surface area contributed by atoms with Crippen LogP contribution >= 0.6 is 12.2 Å². The van der Waals surface area contributed by atoms with E-state index in [9.17, 15) is 9.18 Å². The molecule has 0 unspecified atom stereocenters. The number of halogens is 1. The summed E-state index contributed by atoms with van der Waals surface area (Å²) in [7, 11) is 4.49. The SMILES string of the molecule is COc1cc(C(=O)N2C(=S)N(c3ccc(F)cc3)[C@]3(C)C[C@@H]2c2ccccc2O3)cc(OC)c1OC. The van der Waals surface area contributed by atoms with E-state index in [1.807, 2.05) is 31.2 Å². The lowest BCUT2D eigenvalue weighted by molar-refractivity contribution is 0.0183. The standard InChI is InChI=1S/C27H25FN2O5S/c1-27-15-20(19-7-5-6-8-21(19)35-27)29(26(36)30(27)18-11-9-17(28)10-12-18)25(31)16-13-22(32-2)24(34-4)23(14-16)33-3/h5-14,20H,15H2,1-4H3/t20-,27+/m1/s1. The van der Waals surface area contributed by atoms with Crippen LogP contribution in [0.25, 0.3) is 0 Å². The van der Waals surface area contributed by atoms with Gasteiger partial charge in [0.1, 0.15) is 11.6 Å². The first-order valence-electron chi connectivity index (χ1n) is 11.3. The highest BCUT2D eigenvalue weighted by atomic mass is 32.1. The maximum Gasteiger partial charge on any atom is 0.260 e. The zero-order valence-electron chi connectivity index (χ0n) is 20.3. The van der Waals surface area contributed by atoms with Crippen LogP contribution in [0.5, 0.6) is 23.0 Å². The van der Waals surface area contributed by atoms with E-state index in [4.69, 9.17) is 31.2 Å². The average Bonchev–Trinajstić information content (AvgIpc) is 2.88. The third-order valence-corrected chi connectivity index (χ3v) is 6.96. The summed E-state index contributed by atoms with van der Waals surface area (Å²) in [5.41, 5.74) is 0.903. The number of carbonyl (C=O) groups is 1. The zero-order chi connectivity index (χ0) is 25.6. The number of hydrogen-bond donors (Lipinski definition) is 0. The number of thiocarbonyl (C=S) groups is 1. The number of para-hydroxylation sites is 1. The molecule has 36 heavy (non-hydrogen) atoms. The van der Waals surface area contributed by atoms with E-state index < -0.39 is 5.72 Å². The third kappa shape index (κ3) is 3.71. The number of carbonyl (C=O) groups excluding carboxylic acids is 1. The van der Waals surface area contributed by atoms with Gasteiger partial charge in [0.2, 0.25) is 5.75 Å². The van der Waals surface area contributed by atoms with E-state index >= 15 is 0 Å². The van der Waals surface area contributed by atoms with Crippen LogP contribution in [0.1, 0.15) is 35.3 Å². The number of fused-ring (bicyclic) bond motifs is 4. The van der Waals surface area contributed by atoms with Crippen LogP contribution in [-0.4, -0.2) is 43.0 Å². The second-order valence-electron chi connectivity index (χ2n) is 8.72. The molecule has 0 radical (unpaired) electrons. The molecule has 2 atom stereocenters. The maximum absolute atomic E-state index is 14.2. The Hall–Kier alpha value is -3.85. The van der Waals surface area contributed by atoms with Gasteiger partial charge in [0.05, 0.1) is 27.4 Å². The molecule has 2 heterocycles. The van der Waals surface area contributed by atoms with Crippen molar-refractivity contribution in [3.05, 3.63) is 77.6 Å². The number of methoxy groups -OCH3 is 3. The normalized spacial score (nSPS) is 20.4. The number of anilines is 1. The number of nitrogens with zero attached hydrogens (tertiary/aromatic N) is 2. The van der Waals surface area contributed by atoms with Gasteiger partial charge in [0.15, 0.2) is 22.3 Å². The molecular formula is C27H25FN2O5S. The van der Waals surface area contributed by atoms with Crippen molar-refractivity contribution in [2.45, 2.75) is 25.1 Å². The average molecular weight is 509 g/mol. The van der Waals surface area contributed by atoms with Gasteiger partial charge in [-0.3, -0.25) is 14.6 Å². The molecular weight excluding hydrogens is 483 g/mol. The monoisotopic (exact) mass is 508 g/mol. The first-order chi connectivity index (χ1) is 17.3. The van der Waals surface area contributed by atoms with Gasteiger partial charge < -0.3 is 18.9 Å². The van der Waals surface area contributed by atoms with Gasteiger partial charge in [0.25, 0.3) is 5.91 Å². The Bertz CT molecular complexity index is 1320. The van der Waals surface area contributed by atoms with Crippen LogP contribution in [0, 0.1) is 5.82 Å². The Kier molecular flexibility index (Phi) is 5.96. The van der Waals surface area contributed by atoms with Gasteiger partial charge >= 0.3 is 0 Å². The predicted octanol–water partition coefficient (Wildman–Crippen LogP) is 5.34. The second kappa shape index (κ2) is 8.98. The molecule has 9 heteroatoms. The third-order valence-electron chi connectivity index (χ3n) is 6.58. The number of ether oxygens (including phenoxy) is 4. The summed E-state index contributed by atoms with van der Waals surface area (Å²) < 4.78 is 36.5. The van der Waals surface area contributed by atoms with Crippen LogP contribution in [0.4, 0.5) is 10.1 Å². The first kappa shape index (κ1) is 23.9. The largest absolute Gasteiger partial charge is 0.493 e. The Morgan fingerprint density at radius 3 is 2.28 bits per heavy atom. The van der Waals surface area contributed by atoms with Crippen LogP contribution < -0.4 is 23.8 Å². The molecule has 1 amide bonds. The molecule has 1 fully saturated rings. The molecule has 7 nitrogen and oxygen atoms in total. The van der Waals surface area contributed by atoms with Crippen molar-refractivity contribution in [1.29, 1.82) is 0 Å². The maximum atomic E-state index is 14.2. The topological polar surface area (TPSA) is 60.5 Å². The number of rotatable bonds is 5. The lowest BCUT2D eigenvalue weighted by atomic mass is 9.88. The summed E-state index contributed by atoms with van der Waals surface area (Å²) in [5.74, 6) is 1.05. The minimum absolute atomic E-state index is 0.244. The van der Waals surface area contributed by atoms with Crippen molar-refractivity contribution < 1.29 is 28.1 Å². The lowest BCUT2D eigenvalue weighted by Gasteiger charge is -2.55. The number of amides is 1. The van der Waals surface area contributed by atoms with Crippen molar-refractivity contribution in [1.82, 2.24) is 4.90 Å². The smallest absolute Gasteiger partial charge is 0.260 e. The molecule has 3 aromatic carbocycles. The fourth-order valence-electron chi connectivity index (χ4n) is 4.95. The highest BCUT2D eigenvalue weighted by Gasteiger charge is 2.53. The molecule has 0 aliphatic carbocycles. The van der Waals surface area contributed by atoms with E-state index in [-0.39, 0.29) is 22.9 Å². The summed E-state index contributed by atoms with van der Waals surface area (Å²) in [6.45, 7) is 1.92. The molecule has 5 rings (SSSR count). The predicted molar refractivity (Wildman–Crippen MR) is 137 cm³/mol. The Morgan fingerprint density at radius 2 is 1.67 bits per heavy atom. The van der Waals surface area contributed by atoms with Gasteiger partial charge in [-0.25, -0.2) is 4.39 Å². The highest BCUT2D eigenvalue weighted by molar-refractivity contribution is 7.80. The fraction of sp³-hybridized carbons (Fsp3) is 0.259. The van der Waals surface area contributed by atoms with Crippen LogP contribution in [0.3, 0.4) is 0 Å². The van der Waals surface area contributed by atoms with Crippen LogP contribution in [0.2, 0.25) is 0 Å². The number of benzene rings is 3. The van der Waals surface area contributed by atoms with Crippen molar-refractivity contribution in [2.75, 3.05) is 26.2 Å². The van der Waals surface area contributed by atoms with E-state index in [1.54, 1.807) is 34.1 Å². The molecule has 0 saturated carbocycles. The molecule has 2 aliphatic rings. The van der Waals surface area contributed by atoms with Crippen molar-refractivity contribution >= 4 is 28.9 Å². The van der Waals surface area contributed by atoms with Gasteiger partial charge in [-0.05, 0) is 61.6 Å². The summed E-state index contributed by atoms with van der Waals surface area (Å²) in [4.78, 5) is 17.5. The fourth-order valence-corrected chi connectivity index (χ4v) is 5.46. The minimum atomic E-state index is -0.889. The molecule has 186 valence electrons. The summed E-state index contributed by atoms with van der Waals surface area (Å²) >= 11 is 5.94. The molecule has 1 saturated heterocycles. The van der Waals surface area contributed by atoms with Crippen molar-refractivity contribution in [2.24, 2.45) is 0 Å². The summed E-state index contributed by atoms with van der Waals surface area (Å²) in [6, 6.07) is 16.4. The highest BCUT2D eigenvalue weighted by Crippen LogP contribution is 2.50. The summed E-state index contributed by atoms with van der Waals surface area (Å²) in [6.07, 6.45) is 0.442. The van der Waals surface area contributed by atoms with Gasteiger partial charge in [-0.2, -0.15) is 0 Å². The van der Waals surface area contributed by atoms with Gasteiger partial charge in [-0.15, -0.1) is 0 Å². The summed E-state index contributed by atoms with van der Waals surface area (Å²) in [5, 5.41) is 0.244. The molecule has 2 aliphatic heterocycles. The van der Waals surface area contributed by atoms with Crippen molar-refractivity contribution in [3.8, 4) is 23.0 Å². The molecule has 0 N–H and O–H groups in total. The Balaban J connectivity index is 1.67. The van der Waals surface area contributed by atoms with E-state index in [2.05, 4.69) is 0 Å². The van der Waals surface area contributed by atoms with E-state index in [0.29, 0.717) is 40.7 Å². The van der Waals surface area contributed by atoms with Crippen molar-refractivity contribution in [3.63, 3.8) is 0 Å².